The van der Waals surface area contributed by atoms with Crippen LogP contribution in [0.4, 0.5) is 18.0 Å². The van der Waals surface area contributed by atoms with Gasteiger partial charge in [-0.2, -0.15) is 18.2 Å². The number of carbonyl (C=O) groups is 2. The second-order valence-corrected chi connectivity index (χ2v) is 7.56. The summed E-state index contributed by atoms with van der Waals surface area (Å²) in [7, 11) is 0. The highest BCUT2D eigenvalue weighted by Crippen LogP contribution is 2.31. The molecule has 2 bridgehead atoms. The molecule has 3 amide bonds. The smallest absolute Gasteiger partial charge is 0.311 e. The molecule has 0 radical (unpaired) electrons. The second-order valence-electron chi connectivity index (χ2n) is 7.56. The van der Waals surface area contributed by atoms with Crippen LogP contribution in [0.15, 0.2) is 48.7 Å². The third-order valence-electron chi connectivity index (χ3n) is 5.44. The molecule has 0 saturated carbocycles. The summed E-state index contributed by atoms with van der Waals surface area (Å²) in [6.07, 6.45) is -2.97. The van der Waals surface area contributed by atoms with Crippen molar-refractivity contribution in [1.29, 1.82) is 5.41 Å². The van der Waals surface area contributed by atoms with Crippen molar-refractivity contribution >= 4 is 17.8 Å². The summed E-state index contributed by atoms with van der Waals surface area (Å²) in [6, 6.07) is 9.90. The average molecular weight is 447 g/mol. The Labute approximate surface area is 181 Å². The molecule has 8 nitrogen and oxygen atoms in total. The van der Waals surface area contributed by atoms with E-state index in [-0.39, 0.29) is 30.2 Å². The number of amidine groups is 1. The van der Waals surface area contributed by atoms with Crippen molar-refractivity contribution in [3.05, 3.63) is 65.5 Å². The van der Waals surface area contributed by atoms with Crippen molar-refractivity contribution in [3.8, 4) is 0 Å². The highest BCUT2D eigenvalue weighted by molar-refractivity contribution is 6.06. The third kappa shape index (κ3) is 4.42. The molecule has 2 N–H and O–H groups in total. The molecule has 2 atom stereocenters. The molecular weight excluding hydrogens is 427 g/mol. The lowest BCUT2D eigenvalue weighted by Crippen LogP contribution is -2.50. The van der Waals surface area contributed by atoms with Gasteiger partial charge in [-0.25, -0.2) is 4.79 Å². The van der Waals surface area contributed by atoms with Crippen LogP contribution in [0.25, 0.3) is 0 Å². The zero-order valence-electron chi connectivity index (χ0n) is 16.8. The summed E-state index contributed by atoms with van der Waals surface area (Å²) >= 11 is 0. The van der Waals surface area contributed by atoms with Gasteiger partial charge in [0.2, 0.25) is 0 Å². The van der Waals surface area contributed by atoms with E-state index in [0.717, 1.165) is 17.7 Å². The molecule has 0 unspecified atom stereocenters. The highest BCUT2D eigenvalue weighted by atomic mass is 19.4. The fourth-order valence-electron chi connectivity index (χ4n) is 3.78. The Kier molecular flexibility index (Phi) is 5.83. The summed E-state index contributed by atoms with van der Waals surface area (Å²) in [5.74, 6) is -1.02. The van der Waals surface area contributed by atoms with Gasteiger partial charge < -0.3 is 10.2 Å². The molecule has 4 rings (SSSR count). The van der Waals surface area contributed by atoms with Gasteiger partial charge in [0.05, 0.1) is 17.6 Å². The molecule has 2 aliphatic heterocycles. The number of nitrogens with one attached hydrogen (secondary N) is 2. The lowest BCUT2D eigenvalue weighted by Gasteiger charge is -2.30. The number of urea groups is 1. The van der Waals surface area contributed by atoms with Crippen LogP contribution in [0.3, 0.4) is 0 Å². The zero-order valence-corrected chi connectivity index (χ0v) is 16.8. The first kappa shape index (κ1) is 21.8. The molecule has 2 saturated heterocycles. The fourth-order valence-corrected chi connectivity index (χ4v) is 3.78. The molecule has 2 aliphatic rings. The summed E-state index contributed by atoms with van der Waals surface area (Å²) < 4.78 is 38.0. The van der Waals surface area contributed by atoms with Crippen LogP contribution in [0, 0.1) is 5.41 Å². The first-order valence-electron chi connectivity index (χ1n) is 9.94. The maximum atomic E-state index is 12.8. The van der Waals surface area contributed by atoms with E-state index in [1.165, 1.54) is 9.96 Å². The van der Waals surface area contributed by atoms with Crippen LogP contribution in [0.2, 0.25) is 0 Å². The van der Waals surface area contributed by atoms with Crippen LogP contribution in [-0.2, 0) is 17.6 Å². The Bertz CT molecular complexity index is 1010. The molecule has 11 heteroatoms. The van der Waals surface area contributed by atoms with Crippen molar-refractivity contribution < 1.29 is 27.6 Å². The summed E-state index contributed by atoms with van der Waals surface area (Å²) in [6.45, 7) is 0.588. The van der Waals surface area contributed by atoms with E-state index in [9.17, 15) is 22.8 Å². The van der Waals surface area contributed by atoms with Gasteiger partial charge in [0.1, 0.15) is 18.1 Å². The highest BCUT2D eigenvalue weighted by Gasteiger charge is 2.47. The number of carbonyl (C=O) groups excluding carboxylic acids is 2. The topological polar surface area (TPSA) is 98.6 Å². The molecule has 0 spiro atoms. The summed E-state index contributed by atoms with van der Waals surface area (Å²) in [5.41, 5.74) is -0.310. The lowest BCUT2D eigenvalue weighted by atomic mass is 10.00. The summed E-state index contributed by atoms with van der Waals surface area (Å²) in [5, 5.41) is 11.9. The van der Waals surface area contributed by atoms with Gasteiger partial charge in [0, 0.05) is 12.7 Å². The normalized spacial score (nSPS) is 20.4. The number of halogens is 3. The lowest BCUT2D eigenvalue weighted by molar-refractivity contribution is -0.140. The maximum Gasteiger partial charge on any atom is 0.417 e. The van der Waals surface area contributed by atoms with Gasteiger partial charge >= 0.3 is 12.2 Å². The number of piperidine rings is 1. The number of fused-ring (bicyclic) bond motifs is 2. The van der Waals surface area contributed by atoms with Crippen molar-refractivity contribution in [1.82, 2.24) is 20.3 Å². The Morgan fingerprint density at radius 2 is 1.94 bits per heavy atom. The molecule has 168 valence electrons. The van der Waals surface area contributed by atoms with Crippen LogP contribution >= 0.6 is 0 Å². The van der Waals surface area contributed by atoms with Gasteiger partial charge in [-0.05, 0) is 30.5 Å². The van der Waals surface area contributed by atoms with Crippen molar-refractivity contribution in [2.75, 3.05) is 6.54 Å². The summed E-state index contributed by atoms with van der Waals surface area (Å²) in [4.78, 5) is 35.9. The van der Waals surface area contributed by atoms with E-state index in [1.807, 2.05) is 30.3 Å². The van der Waals surface area contributed by atoms with Crippen LogP contribution in [0.5, 0.6) is 0 Å². The Morgan fingerprint density at radius 1 is 1.19 bits per heavy atom. The Hall–Kier alpha value is -3.47. The molecule has 3 heterocycles. The second kappa shape index (κ2) is 8.58. The van der Waals surface area contributed by atoms with Gasteiger partial charge in [0.15, 0.2) is 0 Å². The molecule has 32 heavy (non-hydrogen) atoms. The van der Waals surface area contributed by atoms with Gasteiger partial charge in [0.25, 0.3) is 5.91 Å². The van der Waals surface area contributed by atoms with E-state index >= 15 is 0 Å². The minimum absolute atomic E-state index is 0.150. The number of hydroxylamine groups is 2. The molecule has 1 aromatic heterocycles. The monoisotopic (exact) mass is 447 g/mol. The number of rotatable bonds is 5. The average Bonchev–Trinajstić information content (AvgIpc) is 3.02. The SMILES string of the molecule is N=C(NC(=O)c1ccc(C(F)(F)F)cn1)[C@@H]1CC[C@@H]2CN1C(=O)N2OCc1ccccc1. The first-order valence-corrected chi connectivity index (χ1v) is 9.94. The standard InChI is InChI=1S/C21H20F3N5O3/c22-21(23,24)14-6-8-16(26-10-14)19(30)27-18(25)17-9-7-15-11-28(17)20(31)29(15)32-12-13-4-2-1-3-5-13/h1-6,8,10,15,17H,7,9,11-12H2,(H2,25,27,30)/t15-,17+/m1/s1. The zero-order chi connectivity index (χ0) is 22.9. The fraction of sp³-hybridized carbons (Fsp3) is 0.333. The minimum atomic E-state index is -4.56. The Balaban J connectivity index is 1.37. The predicted molar refractivity (Wildman–Crippen MR) is 106 cm³/mol. The van der Waals surface area contributed by atoms with Crippen LogP contribution in [0.1, 0.15) is 34.5 Å². The van der Waals surface area contributed by atoms with Crippen LogP contribution in [-0.4, -0.2) is 51.3 Å². The maximum absolute atomic E-state index is 12.8. The number of pyridine rings is 1. The van der Waals surface area contributed by atoms with Gasteiger partial charge in [-0.1, -0.05) is 30.3 Å². The number of hydrogen-bond acceptors (Lipinski definition) is 5. The van der Waals surface area contributed by atoms with E-state index in [4.69, 9.17) is 10.2 Å². The van der Waals surface area contributed by atoms with Crippen LogP contribution < -0.4 is 5.32 Å². The third-order valence-corrected chi connectivity index (χ3v) is 5.44. The molecular formula is C21H20F3N5O3. The number of benzene rings is 1. The molecule has 2 aromatic rings. The Morgan fingerprint density at radius 3 is 2.59 bits per heavy atom. The van der Waals surface area contributed by atoms with Crippen molar-refractivity contribution in [2.24, 2.45) is 0 Å². The number of hydrogen-bond donors (Lipinski definition) is 2. The number of amides is 3. The number of alkyl halides is 3. The quantitative estimate of drug-likeness (QED) is 0.543. The van der Waals surface area contributed by atoms with Gasteiger partial charge in [-0.15, -0.1) is 0 Å². The van der Waals surface area contributed by atoms with Gasteiger partial charge in [-0.3, -0.25) is 20.0 Å². The van der Waals surface area contributed by atoms with Crippen molar-refractivity contribution in [3.63, 3.8) is 0 Å². The molecule has 1 aromatic carbocycles. The van der Waals surface area contributed by atoms with E-state index in [1.54, 1.807) is 0 Å². The minimum Gasteiger partial charge on any atom is -0.311 e. The first-order chi connectivity index (χ1) is 15.2. The van der Waals surface area contributed by atoms with E-state index in [2.05, 4.69) is 10.3 Å². The van der Waals surface area contributed by atoms with E-state index < -0.39 is 23.7 Å². The van der Waals surface area contributed by atoms with Crippen molar-refractivity contribution in [2.45, 2.75) is 37.7 Å². The number of aromatic nitrogens is 1. The number of nitrogens with zero attached hydrogens (tertiary/aromatic N) is 3. The van der Waals surface area contributed by atoms with E-state index in [0.29, 0.717) is 25.6 Å². The molecule has 2 fully saturated rings. The predicted octanol–water partition coefficient (Wildman–Crippen LogP) is 3.21. The largest absolute Gasteiger partial charge is 0.417 e. The molecule has 0 aliphatic carbocycles.